The van der Waals surface area contributed by atoms with Gasteiger partial charge in [-0.3, -0.25) is 9.78 Å². The topological polar surface area (TPSA) is 57.0 Å². The van der Waals surface area contributed by atoms with Crippen LogP contribution in [0.1, 0.15) is 22.0 Å². The molecule has 1 unspecified atom stereocenters. The van der Waals surface area contributed by atoms with Crippen molar-refractivity contribution >= 4 is 5.91 Å². The van der Waals surface area contributed by atoms with Crippen LogP contribution in [0.5, 0.6) is 0 Å². The Labute approximate surface area is 116 Å². The highest BCUT2D eigenvalue weighted by Crippen LogP contribution is 2.20. The molecule has 1 amide bonds. The van der Waals surface area contributed by atoms with E-state index in [-0.39, 0.29) is 5.91 Å². The molecule has 5 heteroatoms. The lowest BCUT2D eigenvalue weighted by Crippen LogP contribution is -2.30. The van der Waals surface area contributed by atoms with E-state index in [9.17, 15) is 14.4 Å². The average molecular weight is 269 g/mol. The van der Waals surface area contributed by atoms with Gasteiger partial charge in [0.2, 0.25) is 0 Å². The standard InChI is InChI=1S/C15H12FN3O/c1-19(14(10-17)11-6-8-18-9-7-11)15(20)12-2-4-13(16)5-3-12/h2-9,14H,1H3. The minimum Gasteiger partial charge on any atom is -0.322 e. The number of benzene rings is 1. The van der Waals surface area contributed by atoms with Gasteiger partial charge in [-0.15, -0.1) is 0 Å². The Hall–Kier alpha value is -2.74. The van der Waals surface area contributed by atoms with Gasteiger partial charge < -0.3 is 4.90 Å². The Morgan fingerprint density at radius 3 is 2.40 bits per heavy atom. The second-order valence-corrected chi connectivity index (χ2v) is 4.24. The number of rotatable bonds is 3. The van der Waals surface area contributed by atoms with Crippen molar-refractivity contribution in [1.29, 1.82) is 5.26 Å². The highest BCUT2D eigenvalue weighted by Gasteiger charge is 2.22. The van der Waals surface area contributed by atoms with Crippen LogP contribution in [-0.4, -0.2) is 22.8 Å². The zero-order chi connectivity index (χ0) is 14.5. The Balaban J connectivity index is 2.25. The molecule has 0 saturated heterocycles. The number of aromatic nitrogens is 1. The summed E-state index contributed by atoms with van der Waals surface area (Å²) in [5, 5.41) is 9.27. The van der Waals surface area contributed by atoms with Crippen molar-refractivity contribution in [3.05, 3.63) is 65.7 Å². The molecule has 0 aliphatic rings. The van der Waals surface area contributed by atoms with Crippen LogP contribution in [0, 0.1) is 17.1 Å². The number of halogens is 1. The number of carbonyl (C=O) groups is 1. The number of hydrogen-bond acceptors (Lipinski definition) is 3. The third-order valence-electron chi connectivity index (χ3n) is 2.94. The SMILES string of the molecule is CN(C(=O)c1ccc(F)cc1)C(C#N)c1ccncc1. The highest BCUT2D eigenvalue weighted by atomic mass is 19.1. The number of pyridine rings is 1. The van der Waals surface area contributed by atoms with Crippen molar-refractivity contribution in [3.63, 3.8) is 0 Å². The van der Waals surface area contributed by atoms with Crippen LogP contribution < -0.4 is 0 Å². The Morgan fingerprint density at radius 1 is 1.25 bits per heavy atom. The minimum atomic E-state index is -0.712. The molecule has 0 N–H and O–H groups in total. The third-order valence-corrected chi connectivity index (χ3v) is 2.94. The number of hydrogen-bond donors (Lipinski definition) is 0. The second-order valence-electron chi connectivity index (χ2n) is 4.24. The molecule has 0 aliphatic heterocycles. The largest absolute Gasteiger partial charge is 0.322 e. The maximum atomic E-state index is 12.9. The van der Waals surface area contributed by atoms with Gasteiger partial charge >= 0.3 is 0 Å². The predicted molar refractivity (Wildman–Crippen MR) is 71.1 cm³/mol. The van der Waals surface area contributed by atoms with Crippen LogP contribution in [0.3, 0.4) is 0 Å². The quantitative estimate of drug-likeness (QED) is 0.860. The van der Waals surface area contributed by atoms with E-state index in [0.29, 0.717) is 11.1 Å². The van der Waals surface area contributed by atoms with Crippen LogP contribution in [0.25, 0.3) is 0 Å². The lowest BCUT2D eigenvalue weighted by Gasteiger charge is -2.23. The molecule has 0 aliphatic carbocycles. The molecule has 0 saturated carbocycles. The summed E-state index contributed by atoms with van der Waals surface area (Å²) in [4.78, 5) is 17.5. The molecule has 1 heterocycles. The molecular formula is C15H12FN3O. The summed E-state index contributed by atoms with van der Waals surface area (Å²) in [7, 11) is 1.54. The van der Waals surface area contributed by atoms with Crippen LogP contribution in [0.4, 0.5) is 4.39 Å². The molecule has 20 heavy (non-hydrogen) atoms. The number of amides is 1. The van der Waals surface area contributed by atoms with Crippen molar-refractivity contribution in [2.24, 2.45) is 0 Å². The van der Waals surface area contributed by atoms with Gasteiger partial charge in [-0.2, -0.15) is 5.26 Å². The van der Waals surface area contributed by atoms with Crippen LogP contribution in [-0.2, 0) is 0 Å². The van der Waals surface area contributed by atoms with E-state index in [1.54, 1.807) is 31.6 Å². The zero-order valence-electron chi connectivity index (χ0n) is 10.8. The number of carbonyl (C=O) groups excluding carboxylic acids is 1. The summed E-state index contributed by atoms with van der Waals surface area (Å²) in [6, 6.07) is 9.97. The average Bonchev–Trinajstić information content (AvgIpc) is 2.49. The van der Waals surface area contributed by atoms with E-state index < -0.39 is 11.9 Å². The van der Waals surface area contributed by atoms with E-state index in [1.165, 1.54) is 29.2 Å². The Kier molecular flexibility index (Phi) is 4.06. The molecule has 0 bridgehead atoms. The smallest absolute Gasteiger partial charge is 0.254 e. The van der Waals surface area contributed by atoms with Crippen molar-refractivity contribution in [3.8, 4) is 6.07 Å². The summed E-state index contributed by atoms with van der Waals surface area (Å²) in [5.41, 5.74) is 1.02. The lowest BCUT2D eigenvalue weighted by atomic mass is 10.1. The van der Waals surface area contributed by atoms with Crippen LogP contribution >= 0.6 is 0 Å². The van der Waals surface area contributed by atoms with Gasteiger partial charge in [-0.25, -0.2) is 4.39 Å². The first-order valence-corrected chi connectivity index (χ1v) is 5.95. The summed E-state index contributed by atoms with van der Waals surface area (Å²) in [6.07, 6.45) is 3.13. The molecule has 100 valence electrons. The van der Waals surface area contributed by atoms with Crippen molar-refractivity contribution in [2.75, 3.05) is 7.05 Å². The number of nitriles is 1. The van der Waals surface area contributed by atoms with E-state index in [1.807, 2.05) is 0 Å². The summed E-state index contributed by atoms with van der Waals surface area (Å²) >= 11 is 0. The molecular weight excluding hydrogens is 257 g/mol. The predicted octanol–water partition coefficient (Wildman–Crippen LogP) is 2.56. The summed E-state index contributed by atoms with van der Waals surface area (Å²) < 4.78 is 12.9. The van der Waals surface area contributed by atoms with Crippen molar-refractivity contribution < 1.29 is 9.18 Å². The van der Waals surface area contributed by atoms with Crippen LogP contribution in [0.2, 0.25) is 0 Å². The highest BCUT2D eigenvalue weighted by molar-refractivity contribution is 5.94. The van der Waals surface area contributed by atoms with Gasteiger partial charge in [0.1, 0.15) is 11.9 Å². The Morgan fingerprint density at radius 2 is 1.85 bits per heavy atom. The molecule has 2 aromatic rings. The normalized spacial score (nSPS) is 11.4. The zero-order valence-corrected chi connectivity index (χ0v) is 10.8. The van der Waals surface area contributed by atoms with Crippen LogP contribution in [0.15, 0.2) is 48.8 Å². The summed E-state index contributed by atoms with van der Waals surface area (Å²) in [6.45, 7) is 0. The maximum absolute atomic E-state index is 12.9. The lowest BCUT2D eigenvalue weighted by molar-refractivity contribution is 0.0763. The van der Waals surface area contributed by atoms with Gasteiger partial charge in [0.15, 0.2) is 0 Å². The van der Waals surface area contributed by atoms with Gasteiger partial charge in [0, 0.05) is 25.0 Å². The van der Waals surface area contributed by atoms with E-state index >= 15 is 0 Å². The van der Waals surface area contributed by atoms with E-state index in [2.05, 4.69) is 11.1 Å². The van der Waals surface area contributed by atoms with Gasteiger partial charge in [0.05, 0.1) is 6.07 Å². The molecule has 0 spiro atoms. The summed E-state index contributed by atoms with van der Waals surface area (Å²) in [5.74, 6) is -0.747. The molecule has 0 fully saturated rings. The Bertz CT molecular complexity index is 634. The fourth-order valence-electron chi connectivity index (χ4n) is 1.84. The van der Waals surface area contributed by atoms with E-state index in [0.717, 1.165) is 0 Å². The minimum absolute atomic E-state index is 0.336. The fraction of sp³-hybridized carbons (Fsp3) is 0.133. The second kappa shape index (κ2) is 5.93. The van der Waals surface area contributed by atoms with E-state index in [4.69, 9.17) is 0 Å². The monoisotopic (exact) mass is 269 g/mol. The van der Waals surface area contributed by atoms with Gasteiger partial charge in [-0.1, -0.05) is 0 Å². The molecule has 4 nitrogen and oxygen atoms in total. The first-order chi connectivity index (χ1) is 9.63. The maximum Gasteiger partial charge on any atom is 0.254 e. The first-order valence-electron chi connectivity index (χ1n) is 5.95. The fourth-order valence-corrected chi connectivity index (χ4v) is 1.84. The molecule has 2 rings (SSSR count). The van der Waals surface area contributed by atoms with Gasteiger partial charge in [0.25, 0.3) is 5.91 Å². The first kappa shape index (κ1) is 13.7. The molecule has 1 atom stereocenters. The third kappa shape index (κ3) is 2.81. The van der Waals surface area contributed by atoms with Gasteiger partial charge in [-0.05, 0) is 42.0 Å². The number of nitrogens with zero attached hydrogens (tertiary/aromatic N) is 3. The molecule has 1 aromatic carbocycles. The van der Waals surface area contributed by atoms with Crippen molar-refractivity contribution in [1.82, 2.24) is 9.88 Å². The van der Waals surface area contributed by atoms with Crippen molar-refractivity contribution in [2.45, 2.75) is 6.04 Å². The molecule has 1 aromatic heterocycles. The molecule has 0 radical (unpaired) electrons.